The van der Waals surface area contributed by atoms with Crippen molar-refractivity contribution in [2.45, 2.75) is 5.41 Å². The first kappa shape index (κ1) is 22.7. The second-order valence-corrected chi connectivity index (χ2v) is 10.3. The van der Waals surface area contributed by atoms with Crippen LogP contribution in [-0.4, -0.2) is 14.5 Å². The summed E-state index contributed by atoms with van der Waals surface area (Å²) in [5, 5.41) is 1.20. The van der Waals surface area contributed by atoms with Gasteiger partial charge in [0, 0.05) is 41.3 Å². The highest BCUT2D eigenvalue weighted by atomic mass is 15.0. The number of aromatic nitrogens is 3. The highest BCUT2D eigenvalue weighted by molar-refractivity contribution is 6.03. The monoisotopic (exact) mass is 511 g/mol. The van der Waals surface area contributed by atoms with Gasteiger partial charge in [-0.2, -0.15) is 0 Å². The number of hydrogen-bond acceptors (Lipinski definition) is 2. The summed E-state index contributed by atoms with van der Waals surface area (Å²) in [7, 11) is 0. The van der Waals surface area contributed by atoms with E-state index in [0.717, 1.165) is 16.9 Å². The van der Waals surface area contributed by atoms with E-state index in [4.69, 9.17) is 4.98 Å². The predicted octanol–water partition coefficient (Wildman–Crippen LogP) is 8.45. The van der Waals surface area contributed by atoms with E-state index in [9.17, 15) is 0 Å². The van der Waals surface area contributed by atoms with Crippen molar-refractivity contribution in [3.63, 3.8) is 0 Å². The maximum absolute atomic E-state index is 4.92. The van der Waals surface area contributed by atoms with Crippen molar-refractivity contribution < 1.29 is 0 Å². The highest BCUT2D eigenvalue weighted by Gasteiger charge is 2.46. The van der Waals surface area contributed by atoms with Crippen LogP contribution >= 0.6 is 0 Å². The third-order valence-corrected chi connectivity index (χ3v) is 8.28. The van der Waals surface area contributed by atoms with Gasteiger partial charge in [-0.1, -0.05) is 97.1 Å². The summed E-state index contributed by atoms with van der Waals surface area (Å²) in [6, 6.07) is 45.8. The Hall–Kier alpha value is -5.28. The third kappa shape index (κ3) is 3.18. The van der Waals surface area contributed by atoms with E-state index >= 15 is 0 Å². The van der Waals surface area contributed by atoms with Crippen molar-refractivity contribution in [1.82, 2.24) is 14.5 Å². The minimum absolute atomic E-state index is 0.420. The lowest BCUT2D eigenvalue weighted by molar-refractivity contribution is 0.769. The van der Waals surface area contributed by atoms with Crippen LogP contribution in [0.25, 0.3) is 39.0 Å². The first-order valence-corrected chi connectivity index (χ1v) is 13.6. The van der Waals surface area contributed by atoms with Crippen LogP contribution in [0.5, 0.6) is 0 Å². The molecule has 3 nitrogen and oxygen atoms in total. The molecule has 1 aliphatic carbocycles. The molecule has 0 saturated heterocycles. The summed E-state index contributed by atoms with van der Waals surface area (Å²) in [5.74, 6) is 0.899. The first-order valence-electron chi connectivity index (χ1n) is 13.6. The van der Waals surface area contributed by atoms with E-state index in [1.165, 1.54) is 44.3 Å². The normalized spacial score (nSPS) is 13.2. The van der Waals surface area contributed by atoms with Gasteiger partial charge < -0.3 is 4.57 Å². The zero-order chi connectivity index (χ0) is 26.5. The standard InChI is InChI=1S/C37H25N3/c1-3-9-29(10-4-1)37(30-11-5-2-6-12-30)32-14-8-7-13-31(32)35-33(37)17-15-27-21-24-40(36(27)35)34-18-16-28(25-39-34)26-19-22-38-23-20-26/h1-25H. The molecule has 3 heterocycles. The maximum Gasteiger partial charge on any atom is 0.137 e. The van der Waals surface area contributed by atoms with Crippen LogP contribution < -0.4 is 0 Å². The molecule has 0 aliphatic heterocycles. The van der Waals surface area contributed by atoms with Crippen LogP contribution in [0.15, 0.2) is 152 Å². The molecule has 0 spiro atoms. The van der Waals surface area contributed by atoms with Crippen molar-refractivity contribution in [2.75, 3.05) is 0 Å². The fraction of sp³-hybridized carbons (Fsp3) is 0.0270. The lowest BCUT2D eigenvalue weighted by Gasteiger charge is -2.33. The Kier molecular flexibility index (Phi) is 5.04. The van der Waals surface area contributed by atoms with Gasteiger partial charge in [-0.05, 0) is 63.7 Å². The highest BCUT2D eigenvalue weighted by Crippen LogP contribution is 2.57. The summed E-state index contributed by atoms with van der Waals surface area (Å²) < 4.78 is 2.24. The zero-order valence-corrected chi connectivity index (χ0v) is 21.8. The van der Waals surface area contributed by atoms with Crippen LogP contribution in [0.4, 0.5) is 0 Å². The van der Waals surface area contributed by atoms with E-state index in [1.807, 2.05) is 30.7 Å². The molecule has 0 N–H and O–H groups in total. The van der Waals surface area contributed by atoms with Crippen LogP contribution in [0.1, 0.15) is 22.3 Å². The number of rotatable bonds is 4. The Morgan fingerprint density at radius 3 is 1.95 bits per heavy atom. The molecule has 188 valence electrons. The lowest BCUT2D eigenvalue weighted by Crippen LogP contribution is -2.28. The molecule has 0 unspecified atom stereocenters. The SMILES string of the molecule is c1ccc(C2(c3ccccc3)c3ccccc3-c3c2ccc2ccn(-c4ccc(-c5ccncc5)cn4)c32)cc1. The molecule has 0 atom stereocenters. The summed E-state index contributed by atoms with van der Waals surface area (Å²) in [6.45, 7) is 0. The fourth-order valence-electron chi connectivity index (χ4n) is 6.59. The second-order valence-electron chi connectivity index (χ2n) is 10.3. The van der Waals surface area contributed by atoms with Gasteiger partial charge in [-0.15, -0.1) is 0 Å². The quantitative estimate of drug-likeness (QED) is 0.237. The molecule has 0 saturated carbocycles. The van der Waals surface area contributed by atoms with E-state index in [2.05, 4.69) is 131 Å². The average molecular weight is 512 g/mol. The molecular formula is C37H25N3. The first-order chi connectivity index (χ1) is 19.9. The molecule has 3 aromatic heterocycles. The molecule has 3 heteroatoms. The maximum atomic E-state index is 4.92. The van der Waals surface area contributed by atoms with Gasteiger partial charge in [0.1, 0.15) is 5.82 Å². The number of nitrogens with zero attached hydrogens (tertiary/aromatic N) is 3. The topological polar surface area (TPSA) is 30.7 Å². The van der Waals surface area contributed by atoms with Gasteiger partial charge in [0.2, 0.25) is 0 Å². The zero-order valence-electron chi connectivity index (χ0n) is 21.8. The van der Waals surface area contributed by atoms with Crippen LogP contribution in [0.3, 0.4) is 0 Å². The van der Waals surface area contributed by atoms with Crippen molar-refractivity contribution in [3.8, 4) is 28.1 Å². The van der Waals surface area contributed by atoms with E-state index in [1.54, 1.807) is 0 Å². The van der Waals surface area contributed by atoms with Crippen molar-refractivity contribution >= 4 is 10.9 Å². The molecular weight excluding hydrogens is 486 g/mol. The minimum Gasteiger partial charge on any atom is -0.301 e. The number of pyridine rings is 2. The predicted molar refractivity (Wildman–Crippen MR) is 162 cm³/mol. The Morgan fingerprint density at radius 2 is 1.25 bits per heavy atom. The molecule has 8 rings (SSSR count). The Bertz CT molecular complexity index is 1930. The molecule has 0 radical (unpaired) electrons. The summed E-state index contributed by atoms with van der Waals surface area (Å²) in [4.78, 5) is 9.07. The molecule has 1 aliphatic rings. The molecule has 7 aromatic rings. The summed E-state index contributed by atoms with van der Waals surface area (Å²) in [6.07, 6.45) is 7.73. The van der Waals surface area contributed by atoms with Gasteiger partial charge in [-0.3, -0.25) is 4.98 Å². The van der Waals surface area contributed by atoms with Gasteiger partial charge in [0.15, 0.2) is 0 Å². The third-order valence-electron chi connectivity index (χ3n) is 8.28. The number of fused-ring (bicyclic) bond motifs is 5. The molecule has 4 aromatic carbocycles. The number of benzene rings is 4. The molecule has 40 heavy (non-hydrogen) atoms. The minimum atomic E-state index is -0.420. The Balaban J connectivity index is 1.42. The van der Waals surface area contributed by atoms with Crippen LogP contribution in [-0.2, 0) is 5.41 Å². The average Bonchev–Trinajstić information content (AvgIpc) is 3.60. The van der Waals surface area contributed by atoms with Crippen molar-refractivity contribution in [2.24, 2.45) is 0 Å². The van der Waals surface area contributed by atoms with Gasteiger partial charge in [0.25, 0.3) is 0 Å². The van der Waals surface area contributed by atoms with Gasteiger partial charge in [0.05, 0.1) is 10.9 Å². The van der Waals surface area contributed by atoms with E-state index in [-0.39, 0.29) is 0 Å². The summed E-state index contributed by atoms with van der Waals surface area (Å²) in [5.41, 5.74) is 10.6. The second kappa shape index (κ2) is 8.89. The van der Waals surface area contributed by atoms with Crippen LogP contribution in [0, 0.1) is 0 Å². The van der Waals surface area contributed by atoms with E-state index in [0.29, 0.717) is 0 Å². The van der Waals surface area contributed by atoms with Gasteiger partial charge >= 0.3 is 0 Å². The van der Waals surface area contributed by atoms with Crippen LogP contribution in [0.2, 0.25) is 0 Å². The Labute approximate surface area is 233 Å². The summed E-state index contributed by atoms with van der Waals surface area (Å²) >= 11 is 0. The Morgan fingerprint density at radius 1 is 0.550 bits per heavy atom. The van der Waals surface area contributed by atoms with Crippen molar-refractivity contribution in [3.05, 3.63) is 174 Å². The largest absolute Gasteiger partial charge is 0.301 e. The lowest BCUT2D eigenvalue weighted by atomic mass is 9.67. The van der Waals surface area contributed by atoms with E-state index < -0.39 is 5.41 Å². The molecule has 0 bridgehead atoms. The van der Waals surface area contributed by atoms with Crippen molar-refractivity contribution in [1.29, 1.82) is 0 Å². The molecule has 0 amide bonds. The number of hydrogen-bond donors (Lipinski definition) is 0. The smallest absolute Gasteiger partial charge is 0.137 e. The van der Waals surface area contributed by atoms with Gasteiger partial charge in [-0.25, -0.2) is 4.98 Å². The fourth-order valence-corrected chi connectivity index (χ4v) is 6.59. The molecule has 0 fully saturated rings.